The highest BCUT2D eigenvalue weighted by Crippen LogP contribution is 2.20. The van der Waals surface area contributed by atoms with E-state index in [-0.39, 0.29) is 18.5 Å². The second kappa shape index (κ2) is 74.5. The Morgan fingerprint density at radius 3 is 0.918 bits per heavy atom. The van der Waals surface area contributed by atoms with Crippen molar-refractivity contribution < 1.29 is 24.5 Å². The van der Waals surface area contributed by atoms with Crippen molar-refractivity contribution in [1.29, 1.82) is 0 Å². The highest BCUT2D eigenvalue weighted by molar-refractivity contribution is 5.76. The van der Waals surface area contributed by atoms with E-state index in [4.69, 9.17) is 4.74 Å². The first-order chi connectivity index (χ1) is 42.0. The molecule has 0 saturated heterocycles. The molecule has 0 aromatic carbocycles. The first-order valence-electron chi connectivity index (χ1n) is 38.8. The molecule has 6 nitrogen and oxygen atoms in total. The summed E-state index contributed by atoms with van der Waals surface area (Å²) < 4.78 is 5.51. The van der Waals surface area contributed by atoms with Gasteiger partial charge in [0.2, 0.25) is 5.91 Å². The molecule has 3 N–H and O–H groups in total. The number of hydrogen-bond donors (Lipinski definition) is 3. The standard InChI is InChI=1S/C79H151NO5/c1-3-5-7-9-11-13-15-17-18-42-46-49-53-57-61-65-69-73-79(84)85-74-70-66-62-58-54-50-47-44-41-39-37-35-33-31-29-27-25-23-21-19-20-22-24-26-28-30-32-34-36-38-40-43-45-48-52-56-60-64-68-72-78(83)80-76(75-81)77(82)71-67-63-59-55-51-16-14-12-10-8-6-4-2/h11,13,17-18,67,71,76-77,81-82H,3-10,12,14-16,19-66,68-70,72-75H2,1-2H3,(H,80,83)/b13-11-,18-17-,71-67+. The highest BCUT2D eigenvalue weighted by atomic mass is 16.5. The Balaban J connectivity index is 3.28. The normalized spacial score (nSPS) is 12.7. The quantitative estimate of drug-likeness (QED) is 0.0320. The second-order valence-electron chi connectivity index (χ2n) is 26.7. The number of hydrogen-bond acceptors (Lipinski definition) is 5. The topological polar surface area (TPSA) is 95.9 Å². The molecular weight excluding hydrogens is 1040 g/mol. The molecule has 0 aromatic rings. The maximum atomic E-state index is 12.5. The van der Waals surface area contributed by atoms with Gasteiger partial charge in [0.05, 0.1) is 25.4 Å². The van der Waals surface area contributed by atoms with Gasteiger partial charge in [-0.2, -0.15) is 0 Å². The van der Waals surface area contributed by atoms with Crippen LogP contribution in [0.4, 0.5) is 0 Å². The summed E-state index contributed by atoms with van der Waals surface area (Å²) in [6.07, 6.45) is 97.1. The van der Waals surface area contributed by atoms with Crippen LogP contribution in [0.15, 0.2) is 36.5 Å². The van der Waals surface area contributed by atoms with E-state index in [9.17, 15) is 19.8 Å². The maximum absolute atomic E-state index is 12.5. The third-order valence-electron chi connectivity index (χ3n) is 18.2. The summed E-state index contributed by atoms with van der Waals surface area (Å²) in [7, 11) is 0. The molecule has 0 fully saturated rings. The zero-order valence-corrected chi connectivity index (χ0v) is 57.6. The molecule has 6 heteroatoms. The third kappa shape index (κ3) is 71.0. The number of carbonyl (C=O) groups is 2. The van der Waals surface area contributed by atoms with E-state index in [1.54, 1.807) is 6.08 Å². The smallest absolute Gasteiger partial charge is 0.305 e. The third-order valence-corrected chi connectivity index (χ3v) is 18.2. The minimum atomic E-state index is -0.839. The van der Waals surface area contributed by atoms with E-state index >= 15 is 0 Å². The molecule has 1 amide bonds. The molecule has 0 bridgehead atoms. The van der Waals surface area contributed by atoms with Gasteiger partial charge in [0.15, 0.2) is 0 Å². The number of carbonyl (C=O) groups excluding carboxylic acids is 2. The summed E-state index contributed by atoms with van der Waals surface area (Å²) in [5, 5.41) is 23.1. The summed E-state index contributed by atoms with van der Waals surface area (Å²) in [6.45, 7) is 4.90. The number of amides is 1. The van der Waals surface area contributed by atoms with E-state index in [1.807, 2.05) is 6.08 Å². The Morgan fingerprint density at radius 1 is 0.329 bits per heavy atom. The molecule has 0 aliphatic heterocycles. The molecule has 502 valence electrons. The lowest BCUT2D eigenvalue weighted by Gasteiger charge is -2.20. The number of allylic oxidation sites excluding steroid dienone is 5. The van der Waals surface area contributed by atoms with Crippen molar-refractivity contribution in [1.82, 2.24) is 5.32 Å². The monoisotopic (exact) mass is 1190 g/mol. The van der Waals surface area contributed by atoms with Crippen LogP contribution >= 0.6 is 0 Å². The highest BCUT2D eigenvalue weighted by Gasteiger charge is 2.18. The van der Waals surface area contributed by atoms with E-state index in [0.29, 0.717) is 19.4 Å². The average Bonchev–Trinajstić information content (AvgIpc) is 3.52. The summed E-state index contributed by atoms with van der Waals surface area (Å²) in [6, 6.07) is -0.622. The zero-order chi connectivity index (χ0) is 61.3. The lowest BCUT2D eigenvalue weighted by atomic mass is 10.0. The molecule has 85 heavy (non-hydrogen) atoms. The van der Waals surface area contributed by atoms with Crippen LogP contribution in [0, 0.1) is 0 Å². The van der Waals surface area contributed by atoms with Crippen LogP contribution in [0.25, 0.3) is 0 Å². The van der Waals surface area contributed by atoms with Crippen molar-refractivity contribution in [2.75, 3.05) is 13.2 Å². The molecule has 0 aliphatic carbocycles. The van der Waals surface area contributed by atoms with Gasteiger partial charge in [-0.05, 0) is 64.2 Å². The Labute approximate surface area is 532 Å². The molecule has 0 aromatic heterocycles. The van der Waals surface area contributed by atoms with E-state index in [2.05, 4.69) is 43.5 Å². The Bertz CT molecular complexity index is 1380. The zero-order valence-electron chi connectivity index (χ0n) is 57.6. The number of unbranched alkanes of at least 4 members (excludes halogenated alkanes) is 58. The van der Waals surface area contributed by atoms with Gasteiger partial charge in [0.1, 0.15) is 0 Å². The van der Waals surface area contributed by atoms with Gasteiger partial charge in [-0.25, -0.2) is 0 Å². The van der Waals surface area contributed by atoms with Crippen molar-refractivity contribution in [2.24, 2.45) is 0 Å². The predicted octanol–water partition coefficient (Wildman–Crippen LogP) is 25.4. The minimum absolute atomic E-state index is 0.0165. The Hall–Kier alpha value is -1.92. The predicted molar refractivity (Wildman–Crippen MR) is 375 cm³/mol. The van der Waals surface area contributed by atoms with Crippen LogP contribution in [0.3, 0.4) is 0 Å². The summed E-state index contributed by atoms with van der Waals surface area (Å²) in [5.74, 6) is -0.0441. The SMILES string of the molecule is CCCCC/C=C\C/C=C\CCCCCCCCCC(=O)OCCCCCCCCCCCCCCCCCCCCCCCCCCCCCCCCCCCCCCCCCC(=O)NC(CO)C(O)/C=C/CCCCCCCCCCCC. The van der Waals surface area contributed by atoms with Crippen LogP contribution in [-0.4, -0.2) is 47.4 Å². The largest absolute Gasteiger partial charge is 0.466 e. The van der Waals surface area contributed by atoms with Crippen LogP contribution < -0.4 is 5.32 Å². The Morgan fingerprint density at radius 2 is 0.588 bits per heavy atom. The number of rotatable bonds is 73. The fraction of sp³-hybridized carbons (Fsp3) is 0.899. The molecule has 2 atom stereocenters. The molecule has 0 spiro atoms. The van der Waals surface area contributed by atoms with Crippen molar-refractivity contribution in [3.63, 3.8) is 0 Å². The molecule has 0 rings (SSSR count). The van der Waals surface area contributed by atoms with Crippen molar-refractivity contribution in [2.45, 2.75) is 443 Å². The van der Waals surface area contributed by atoms with Crippen LogP contribution in [-0.2, 0) is 14.3 Å². The average molecular weight is 1200 g/mol. The number of aliphatic hydroxyl groups excluding tert-OH is 2. The van der Waals surface area contributed by atoms with Gasteiger partial charge in [0.25, 0.3) is 0 Å². The van der Waals surface area contributed by atoms with Gasteiger partial charge in [-0.15, -0.1) is 0 Å². The molecule has 0 radical (unpaired) electrons. The lowest BCUT2D eigenvalue weighted by Crippen LogP contribution is -2.45. The fourth-order valence-corrected chi connectivity index (χ4v) is 12.3. The van der Waals surface area contributed by atoms with Crippen LogP contribution in [0.1, 0.15) is 431 Å². The molecular formula is C79H151NO5. The summed E-state index contributed by atoms with van der Waals surface area (Å²) in [5.41, 5.74) is 0. The minimum Gasteiger partial charge on any atom is -0.466 e. The second-order valence-corrected chi connectivity index (χ2v) is 26.7. The van der Waals surface area contributed by atoms with Gasteiger partial charge in [-0.1, -0.05) is 391 Å². The lowest BCUT2D eigenvalue weighted by molar-refractivity contribution is -0.143. The van der Waals surface area contributed by atoms with Gasteiger partial charge in [0, 0.05) is 12.8 Å². The molecule has 0 aliphatic rings. The van der Waals surface area contributed by atoms with E-state index < -0.39 is 12.1 Å². The number of aliphatic hydroxyl groups is 2. The van der Waals surface area contributed by atoms with E-state index in [0.717, 1.165) is 51.4 Å². The van der Waals surface area contributed by atoms with Crippen LogP contribution in [0.5, 0.6) is 0 Å². The number of esters is 1. The van der Waals surface area contributed by atoms with Gasteiger partial charge in [-0.3, -0.25) is 9.59 Å². The summed E-state index contributed by atoms with van der Waals surface area (Å²) in [4.78, 5) is 24.6. The number of nitrogens with one attached hydrogen (secondary N) is 1. The van der Waals surface area contributed by atoms with Gasteiger partial charge >= 0.3 is 5.97 Å². The van der Waals surface area contributed by atoms with Crippen molar-refractivity contribution >= 4 is 11.9 Å². The first kappa shape index (κ1) is 83.1. The first-order valence-corrected chi connectivity index (χ1v) is 38.8. The molecule has 0 saturated carbocycles. The van der Waals surface area contributed by atoms with E-state index in [1.165, 1.54) is 353 Å². The summed E-state index contributed by atoms with van der Waals surface area (Å²) >= 11 is 0. The molecule has 0 heterocycles. The van der Waals surface area contributed by atoms with Crippen LogP contribution in [0.2, 0.25) is 0 Å². The van der Waals surface area contributed by atoms with Crippen molar-refractivity contribution in [3.8, 4) is 0 Å². The Kier molecular flexibility index (Phi) is 72.9. The maximum Gasteiger partial charge on any atom is 0.305 e. The molecule has 2 unspecified atom stereocenters. The number of ether oxygens (including phenoxy) is 1. The van der Waals surface area contributed by atoms with Crippen molar-refractivity contribution in [3.05, 3.63) is 36.5 Å². The fourth-order valence-electron chi connectivity index (χ4n) is 12.3. The van der Waals surface area contributed by atoms with Gasteiger partial charge < -0.3 is 20.3 Å².